The predicted molar refractivity (Wildman–Crippen MR) is 128 cm³/mol. The molecule has 1 saturated heterocycles. The van der Waals surface area contributed by atoms with Gasteiger partial charge in [-0.2, -0.15) is 0 Å². The first-order valence-electron chi connectivity index (χ1n) is 11.9. The molecule has 0 unspecified atom stereocenters. The number of nitrogens with one attached hydrogen (secondary N) is 2. The Morgan fingerprint density at radius 3 is 2.88 bits per heavy atom. The van der Waals surface area contributed by atoms with Crippen LogP contribution in [0.15, 0.2) is 41.3 Å². The first kappa shape index (κ1) is 21.7. The summed E-state index contributed by atoms with van der Waals surface area (Å²) in [6, 6.07) is 9.93. The summed E-state index contributed by atoms with van der Waals surface area (Å²) in [5.41, 5.74) is 4.24. The van der Waals surface area contributed by atoms with Gasteiger partial charge < -0.3 is 24.5 Å². The molecule has 8 heteroatoms. The number of pyridine rings is 1. The van der Waals surface area contributed by atoms with Crippen LogP contribution in [0, 0.1) is 0 Å². The van der Waals surface area contributed by atoms with Crippen LogP contribution in [0.5, 0.6) is 0 Å². The molecule has 33 heavy (non-hydrogen) atoms. The van der Waals surface area contributed by atoms with Crippen LogP contribution in [-0.2, 0) is 35.5 Å². The third-order valence-corrected chi connectivity index (χ3v) is 6.70. The van der Waals surface area contributed by atoms with Crippen molar-refractivity contribution in [3.05, 3.63) is 58.3 Å². The highest BCUT2D eigenvalue weighted by atomic mass is 16.5. The molecule has 3 aromatic rings. The minimum absolute atomic E-state index is 0.0104. The molecule has 8 nitrogen and oxygen atoms in total. The van der Waals surface area contributed by atoms with E-state index in [-0.39, 0.29) is 24.1 Å². The van der Waals surface area contributed by atoms with Crippen LogP contribution in [0.25, 0.3) is 11.0 Å². The molecular formula is C25H31N5O3. The van der Waals surface area contributed by atoms with Gasteiger partial charge in [-0.1, -0.05) is 6.07 Å². The van der Waals surface area contributed by atoms with Gasteiger partial charge in [-0.15, -0.1) is 0 Å². The number of amides is 1. The zero-order valence-corrected chi connectivity index (χ0v) is 19.0. The lowest BCUT2D eigenvalue weighted by Crippen LogP contribution is -2.40. The van der Waals surface area contributed by atoms with Crippen LogP contribution in [0.4, 0.5) is 5.69 Å². The highest BCUT2D eigenvalue weighted by Gasteiger charge is 2.23. The summed E-state index contributed by atoms with van der Waals surface area (Å²) in [4.78, 5) is 30.1. The average molecular weight is 450 g/mol. The van der Waals surface area contributed by atoms with Crippen LogP contribution in [-0.4, -0.2) is 45.3 Å². The number of rotatable bonds is 6. The number of anilines is 1. The fraction of sp³-hybridized carbons (Fsp3) is 0.480. The molecule has 1 amide bonds. The van der Waals surface area contributed by atoms with Crippen molar-refractivity contribution < 1.29 is 9.53 Å². The third-order valence-electron chi connectivity index (χ3n) is 6.70. The number of carbonyl (C=O) groups is 1. The molecule has 2 aliphatic heterocycles. The monoisotopic (exact) mass is 449 g/mol. The largest absolute Gasteiger partial charge is 0.382 e. The predicted octanol–water partition coefficient (Wildman–Crippen LogP) is 2.48. The Hall–Kier alpha value is -3.13. The second-order valence-electron chi connectivity index (χ2n) is 9.09. The van der Waals surface area contributed by atoms with E-state index in [1.807, 2.05) is 10.6 Å². The average Bonchev–Trinajstić information content (AvgIpc) is 3.16. The zero-order valence-electron chi connectivity index (χ0n) is 19.0. The summed E-state index contributed by atoms with van der Waals surface area (Å²) in [6.45, 7) is 4.30. The summed E-state index contributed by atoms with van der Waals surface area (Å²) < 4.78 is 9.12. The molecular weight excluding hydrogens is 418 g/mol. The fourth-order valence-electron chi connectivity index (χ4n) is 4.87. The number of hydrogen-bond donors (Lipinski definition) is 2. The van der Waals surface area contributed by atoms with Crippen LogP contribution >= 0.6 is 0 Å². The van der Waals surface area contributed by atoms with E-state index in [1.165, 1.54) is 5.56 Å². The van der Waals surface area contributed by atoms with Crippen molar-refractivity contribution in [2.24, 2.45) is 0 Å². The summed E-state index contributed by atoms with van der Waals surface area (Å²) in [5.74, 6) is 0.818. The second kappa shape index (κ2) is 9.39. The molecule has 4 heterocycles. The number of aromatic nitrogens is 3. The Morgan fingerprint density at radius 2 is 2.06 bits per heavy atom. The molecule has 1 fully saturated rings. The lowest BCUT2D eigenvalue weighted by atomic mass is 9.98. The molecule has 0 aliphatic carbocycles. The Bertz CT molecular complexity index is 1210. The normalized spacial score (nSPS) is 18.6. The lowest BCUT2D eigenvalue weighted by molar-refractivity contribution is -0.122. The van der Waals surface area contributed by atoms with Crippen molar-refractivity contribution in [3.8, 4) is 0 Å². The van der Waals surface area contributed by atoms with Crippen molar-refractivity contribution in [2.75, 3.05) is 18.5 Å². The second-order valence-corrected chi connectivity index (χ2v) is 9.09. The van der Waals surface area contributed by atoms with Gasteiger partial charge in [0.25, 0.3) is 5.56 Å². The molecule has 1 atom stereocenters. The van der Waals surface area contributed by atoms with Gasteiger partial charge in [0.05, 0.1) is 11.0 Å². The van der Waals surface area contributed by atoms with Crippen molar-refractivity contribution in [2.45, 2.75) is 64.2 Å². The topological polar surface area (TPSA) is 90.2 Å². The standard InChI is InChI=1S/C25H31N5O3/c1-17-5-6-19-20(26-17)7-8-21-25(19)28-22(9-13-29-12-3-2-4-24(29)32)30(21)16-23(31)27-18-10-14-33-15-11-18/h2-4,7-8,12,17-18,26H,5-6,9-11,13-16H2,1H3,(H,27,31)/t17-/m0/s1. The molecule has 2 N–H and O–H groups in total. The van der Waals surface area contributed by atoms with Gasteiger partial charge in [0.1, 0.15) is 12.4 Å². The molecule has 1 aromatic carbocycles. The van der Waals surface area contributed by atoms with Crippen LogP contribution in [0.3, 0.4) is 0 Å². The van der Waals surface area contributed by atoms with Crippen molar-refractivity contribution in [3.63, 3.8) is 0 Å². The molecule has 0 spiro atoms. The van der Waals surface area contributed by atoms with Gasteiger partial charge in [-0.25, -0.2) is 4.98 Å². The van der Waals surface area contributed by atoms with Crippen molar-refractivity contribution >= 4 is 22.6 Å². The maximum atomic E-state index is 13.0. The van der Waals surface area contributed by atoms with Crippen molar-refractivity contribution in [1.29, 1.82) is 0 Å². The number of benzene rings is 1. The fourth-order valence-corrected chi connectivity index (χ4v) is 4.87. The van der Waals surface area contributed by atoms with E-state index in [4.69, 9.17) is 9.72 Å². The van der Waals surface area contributed by atoms with Crippen LogP contribution < -0.4 is 16.2 Å². The molecule has 0 bridgehead atoms. The zero-order chi connectivity index (χ0) is 22.8. The number of fused-ring (bicyclic) bond motifs is 3. The van der Waals surface area contributed by atoms with Crippen molar-refractivity contribution in [1.82, 2.24) is 19.4 Å². The van der Waals surface area contributed by atoms with E-state index in [0.29, 0.717) is 32.2 Å². The minimum atomic E-state index is -0.0343. The number of ether oxygens (including phenoxy) is 1. The lowest BCUT2D eigenvalue weighted by Gasteiger charge is -2.24. The summed E-state index contributed by atoms with van der Waals surface area (Å²) >= 11 is 0. The molecule has 174 valence electrons. The Morgan fingerprint density at radius 1 is 1.21 bits per heavy atom. The van der Waals surface area contributed by atoms with Crippen LogP contribution in [0.1, 0.15) is 37.6 Å². The first-order chi connectivity index (χ1) is 16.1. The summed E-state index contributed by atoms with van der Waals surface area (Å²) in [6.07, 6.45) is 6.07. The summed E-state index contributed by atoms with van der Waals surface area (Å²) in [5, 5.41) is 6.72. The summed E-state index contributed by atoms with van der Waals surface area (Å²) in [7, 11) is 0. The SMILES string of the molecule is C[C@H]1CCc2c(ccc3c2nc(CCn2ccccc2=O)n3CC(=O)NC2CCOCC2)N1. The van der Waals surface area contributed by atoms with Gasteiger partial charge in [-0.05, 0) is 50.8 Å². The smallest absolute Gasteiger partial charge is 0.250 e. The number of nitrogens with zero attached hydrogens (tertiary/aromatic N) is 3. The molecule has 2 aromatic heterocycles. The Balaban J connectivity index is 1.46. The highest BCUT2D eigenvalue weighted by molar-refractivity contribution is 5.87. The maximum absolute atomic E-state index is 13.0. The highest BCUT2D eigenvalue weighted by Crippen LogP contribution is 2.32. The maximum Gasteiger partial charge on any atom is 0.250 e. The molecule has 5 rings (SSSR count). The molecule has 2 aliphatic rings. The van der Waals surface area contributed by atoms with Gasteiger partial charge in [0.2, 0.25) is 5.91 Å². The number of hydrogen-bond acceptors (Lipinski definition) is 5. The minimum Gasteiger partial charge on any atom is -0.382 e. The van der Waals surface area contributed by atoms with Gasteiger partial charge in [0, 0.05) is 61.8 Å². The van der Waals surface area contributed by atoms with E-state index in [2.05, 4.69) is 29.7 Å². The van der Waals surface area contributed by atoms with E-state index in [1.54, 1.807) is 22.9 Å². The number of carbonyl (C=O) groups excluding carboxylic acids is 1. The quantitative estimate of drug-likeness (QED) is 0.604. The Labute approximate surface area is 193 Å². The van der Waals surface area contributed by atoms with E-state index in [0.717, 1.165) is 48.2 Å². The molecule has 0 radical (unpaired) electrons. The molecule has 0 saturated carbocycles. The number of imidazole rings is 1. The first-order valence-corrected chi connectivity index (χ1v) is 11.9. The van der Waals surface area contributed by atoms with E-state index < -0.39 is 0 Å². The Kier molecular flexibility index (Phi) is 6.17. The van der Waals surface area contributed by atoms with Gasteiger partial charge >= 0.3 is 0 Å². The van der Waals surface area contributed by atoms with Gasteiger partial charge in [-0.3, -0.25) is 9.59 Å². The number of aryl methyl sites for hydroxylation is 3. The van der Waals surface area contributed by atoms with E-state index >= 15 is 0 Å². The van der Waals surface area contributed by atoms with E-state index in [9.17, 15) is 9.59 Å². The third kappa shape index (κ3) is 4.66. The van der Waals surface area contributed by atoms with Crippen LogP contribution in [0.2, 0.25) is 0 Å². The van der Waals surface area contributed by atoms with Gasteiger partial charge in [0.15, 0.2) is 0 Å².